The van der Waals surface area contributed by atoms with Crippen LogP contribution in [0.15, 0.2) is 58.6 Å². The molecule has 0 atom stereocenters. The average Bonchev–Trinajstić information content (AvgIpc) is 3.20. The van der Waals surface area contributed by atoms with Crippen molar-refractivity contribution < 1.29 is 9.18 Å². The van der Waals surface area contributed by atoms with Gasteiger partial charge in [0.2, 0.25) is 0 Å². The van der Waals surface area contributed by atoms with Gasteiger partial charge < -0.3 is 9.47 Å². The first-order valence-electron chi connectivity index (χ1n) is 6.96. The van der Waals surface area contributed by atoms with E-state index in [2.05, 4.69) is 15.9 Å². The predicted octanol–water partition coefficient (Wildman–Crippen LogP) is 4.71. The Balaban J connectivity index is 1.84. The number of hydrogen-bond acceptors (Lipinski definition) is 2. The Morgan fingerprint density at radius 1 is 1.30 bits per heavy atom. The van der Waals surface area contributed by atoms with Gasteiger partial charge in [-0.1, -0.05) is 15.9 Å². The molecule has 3 rings (SSSR count). The summed E-state index contributed by atoms with van der Waals surface area (Å²) in [5.41, 5.74) is 1.32. The van der Waals surface area contributed by atoms with Gasteiger partial charge in [0.25, 0.3) is 5.91 Å². The molecular formula is C17H14BrFN2OS. The van der Waals surface area contributed by atoms with Crippen molar-refractivity contribution in [2.45, 2.75) is 6.54 Å². The van der Waals surface area contributed by atoms with E-state index in [1.165, 1.54) is 22.3 Å². The van der Waals surface area contributed by atoms with Crippen molar-refractivity contribution in [1.82, 2.24) is 9.47 Å². The zero-order chi connectivity index (χ0) is 16.4. The summed E-state index contributed by atoms with van der Waals surface area (Å²) >= 11 is 4.72. The summed E-state index contributed by atoms with van der Waals surface area (Å²) in [5.74, 6) is -0.437. The van der Waals surface area contributed by atoms with Crippen LogP contribution in [0.2, 0.25) is 0 Å². The highest BCUT2D eigenvalue weighted by atomic mass is 79.9. The first-order valence-corrected chi connectivity index (χ1v) is 8.64. The van der Waals surface area contributed by atoms with Crippen LogP contribution in [0.1, 0.15) is 15.2 Å². The first-order chi connectivity index (χ1) is 11.1. The van der Waals surface area contributed by atoms with Crippen LogP contribution in [0, 0.1) is 5.82 Å². The van der Waals surface area contributed by atoms with Gasteiger partial charge in [0.1, 0.15) is 10.7 Å². The molecule has 0 bridgehead atoms. The summed E-state index contributed by atoms with van der Waals surface area (Å²) in [4.78, 5) is 14.9. The fourth-order valence-corrected chi connectivity index (χ4v) is 3.62. The lowest BCUT2D eigenvalue weighted by Gasteiger charge is -2.18. The molecule has 0 aliphatic rings. The molecule has 0 unspecified atom stereocenters. The summed E-state index contributed by atoms with van der Waals surface area (Å²) in [5, 5.41) is 1.89. The molecule has 2 heterocycles. The maximum absolute atomic E-state index is 13.9. The van der Waals surface area contributed by atoms with Crippen LogP contribution in [-0.2, 0) is 6.54 Å². The van der Waals surface area contributed by atoms with Gasteiger partial charge >= 0.3 is 0 Å². The smallest absolute Gasteiger partial charge is 0.266 e. The maximum Gasteiger partial charge on any atom is 0.266 e. The zero-order valence-electron chi connectivity index (χ0n) is 12.4. The molecule has 6 heteroatoms. The van der Waals surface area contributed by atoms with Crippen LogP contribution in [-0.4, -0.2) is 22.4 Å². The molecule has 23 heavy (non-hydrogen) atoms. The van der Waals surface area contributed by atoms with Crippen molar-refractivity contribution in [3.63, 3.8) is 0 Å². The van der Waals surface area contributed by atoms with E-state index in [1.807, 2.05) is 40.5 Å². The van der Waals surface area contributed by atoms with Gasteiger partial charge in [-0.25, -0.2) is 4.39 Å². The van der Waals surface area contributed by atoms with Crippen molar-refractivity contribution in [1.29, 1.82) is 0 Å². The lowest BCUT2D eigenvalue weighted by atomic mass is 10.2. The van der Waals surface area contributed by atoms with Crippen molar-refractivity contribution in [3.05, 3.63) is 74.9 Å². The number of carbonyl (C=O) groups is 1. The zero-order valence-corrected chi connectivity index (χ0v) is 14.8. The van der Waals surface area contributed by atoms with Crippen LogP contribution in [0.3, 0.4) is 0 Å². The fraction of sp³-hybridized carbons (Fsp3) is 0.118. The molecule has 3 nitrogen and oxygen atoms in total. The molecular weight excluding hydrogens is 379 g/mol. The Labute approximate surface area is 146 Å². The topological polar surface area (TPSA) is 25.2 Å². The Kier molecular flexibility index (Phi) is 4.63. The standard InChI is InChI=1S/C17H14BrFN2OS/c1-20(11-12-10-13(18)4-5-14(12)19)17(22)16-15(6-9-23-16)21-7-2-3-8-21/h2-10H,11H2,1H3. The molecule has 0 N–H and O–H groups in total. The highest BCUT2D eigenvalue weighted by Gasteiger charge is 2.19. The van der Waals surface area contributed by atoms with Crippen molar-refractivity contribution in [2.24, 2.45) is 0 Å². The van der Waals surface area contributed by atoms with E-state index < -0.39 is 0 Å². The molecule has 3 aromatic rings. The molecule has 0 aliphatic carbocycles. The minimum absolute atomic E-state index is 0.122. The molecule has 0 saturated heterocycles. The van der Waals surface area contributed by atoms with Crippen molar-refractivity contribution in [3.8, 4) is 5.69 Å². The number of amides is 1. The summed E-state index contributed by atoms with van der Waals surface area (Å²) < 4.78 is 16.6. The third-order valence-corrected chi connectivity index (χ3v) is 4.87. The van der Waals surface area contributed by atoms with E-state index in [-0.39, 0.29) is 18.3 Å². The quantitative estimate of drug-likeness (QED) is 0.630. The van der Waals surface area contributed by atoms with Gasteiger partial charge in [0.05, 0.1) is 5.69 Å². The van der Waals surface area contributed by atoms with E-state index >= 15 is 0 Å². The number of halogens is 2. The van der Waals surface area contributed by atoms with Crippen molar-refractivity contribution >= 4 is 33.2 Å². The second kappa shape index (κ2) is 6.68. The molecule has 1 amide bonds. The summed E-state index contributed by atoms with van der Waals surface area (Å²) in [6, 6.07) is 10.5. The minimum Gasteiger partial charge on any atom is -0.337 e. The van der Waals surface area contributed by atoms with Gasteiger partial charge in [-0.15, -0.1) is 11.3 Å². The van der Waals surface area contributed by atoms with Gasteiger partial charge in [0.15, 0.2) is 0 Å². The van der Waals surface area contributed by atoms with Gasteiger partial charge in [-0.3, -0.25) is 4.79 Å². The van der Waals surface area contributed by atoms with Gasteiger partial charge in [-0.05, 0) is 41.8 Å². The second-order valence-electron chi connectivity index (χ2n) is 5.12. The molecule has 118 valence electrons. The number of benzene rings is 1. The number of carbonyl (C=O) groups excluding carboxylic acids is 1. The van der Waals surface area contributed by atoms with Gasteiger partial charge in [0, 0.05) is 36.0 Å². The fourth-order valence-electron chi connectivity index (χ4n) is 2.33. The Hall–Kier alpha value is -1.92. The Morgan fingerprint density at radius 2 is 2.04 bits per heavy atom. The molecule has 0 saturated carbocycles. The van der Waals surface area contributed by atoms with E-state index in [1.54, 1.807) is 19.2 Å². The normalized spacial score (nSPS) is 10.7. The third kappa shape index (κ3) is 3.38. The van der Waals surface area contributed by atoms with Crippen LogP contribution in [0.5, 0.6) is 0 Å². The number of rotatable bonds is 4. The van der Waals surface area contributed by atoms with Crippen LogP contribution in [0.4, 0.5) is 4.39 Å². The first kappa shape index (κ1) is 16.0. The van der Waals surface area contributed by atoms with Crippen LogP contribution < -0.4 is 0 Å². The molecule has 1 aromatic carbocycles. The Bertz CT molecular complexity index is 829. The highest BCUT2D eigenvalue weighted by Crippen LogP contribution is 2.24. The largest absolute Gasteiger partial charge is 0.337 e. The lowest BCUT2D eigenvalue weighted by molar-refractivity contribution is 0.0788. The number of nitrogens with zero attached hydrogens (tertiary/aromatic N) is 2. The maximum atomic E-state index is 13.9. The second-order valence-corrected chi connectivity index (χ2v) is 6.95. The van der Waals surface area contributed by atoms with E-state index in [4.69, 9.17) is 0 Å². The van der Waals surface area contributed by atoms with Gasteiger partial charge in [-0.2, -0.15) is 0 Å². The summed E-state index contributed by atoms with van der Waals surface area (Å²) in [7, 11) is 1.68. The van der Waals surface area contributed by atoms with E-state index in [0.717, 1.165) is 10.2 Å². The summed E-state index contributed by atoms with van der Waals surface area (Å²) in [6.45, 7) is 0.215. The minimum atomic E-state index is -0.315. The number of hydrogen-bond donors (Lipinski definition) is 0. The van der Waals surface area contributed by atoms with E-state index in [0.29, 0.717) is 10.4 Å². The van der Waals surface area contributed by atoms with Crippen molar-refractivity contribution in [2.75, 3.05) is 7.05 Å². The van der Waals surface area contributed by atoms with E-state index in [9.17, 15) is 9.18 Å². The highest BCUT2D eigenvalue weighted by molar-refractivity contribution is 9.10. The molecule has 2 aromatic heterocycles. The third-order valence-electron chi connectivity index (χ3n) is 3.48. The predicted molar refractivity (Wildman–Crippen MR) is 93.5 cm³/mol. The number of aromatic nitrogens is 1. The Morgan fingerprint density at radius 3 is 2.78 bits per heavy atom. The molecule has 0 aliphatic heterocycles. The summed E-state index contributed by atoms with van der Waals surface area (Å²) in [6.07, 6.45) is 3.79. The number of thiophene rings is 1. The lowest BCUT2D eigenvalue weighted by Crippen LogP contribution is -2.26. The van der Waals surface area contributed by atoms with Crippen LogP contribution in [0.25, 0.3) is 5.69 Å². The molecule has 0 spiro atoms. The monoisotopic (exact) mass is 392 g/mol. The SMILES string of the molecule is CN(Cc1cc(Br)ccc1F)C(=O)c1sccc1-n1cccc1. The molecule has 0 fully saturated rings. The van der Waals surface area contributed by atoms with Crippen LogP contribution >= 0.6 is 27.3 Å². The molecule has 0 radical (unpaired) electrons. The average molecular weight is 393 g/mol.